The summed E-state index contributed by atoms with van der Waals surface area (Å²) in [6.45, 7) is 2.77. The van der Waals surface area contributed by atoms with Crippen LogP contribution in [-0.2, 0) is 9.53 Å². The van der Waals surface area contributed by atoms with Gasteiger partial charge in [0.1, 0.15) is 0 Å². The van der Waals surface area contributed by atoms with Crippen molar-refractivity contribution in [3.05, 3.63) is 71.4 Å². The quantitative estimate of drug-likeness (QED) is 0.668. The zero-order chi connectivity index (χ0) is 19.3. The predicted octanol–water partition coefficient (Wildman–Crippen LogP) is 4.38. The van der Waals surface area contributed by atoms with Gasteiger partial charge in [0.25, 0.3) is 0 Å². The van der Waals surface area contributed by atoms with Crippen LogP contribution in [0.3, 0.4) is 0 Å². The van der Waals surface area contributed by atoms with Crippen molar-refractivity contribution in [3.63, 3.8) is 0 Å². The van der Waals surface area contributed by atoms with Crippen LogP contribution in [0.25, 0.3) is 17.0 Å². The van der Waals surface area contributed by atoms with Crippen molar-refractivity contribution in [2.45, 2.75) is 0 Å². The Balaban J connectivity index is 1.55. The highest BCUT2D eigenvalue weighted by Gasteiger charge is 2.18. The molecule has 0 unspecified atom stereocenters. The molecule has 1 amide bonds. The smallest absolute Gasteiger partial charge is 0.248 e. The van der Waals surface area contributed by atoms with Crippen LogP contribution in [0.4, 0.5) is 11.4 Å². The van der Waals surface area contributed by atoms with Gasteiger partial charge in [-0.05, 0) is 24.3 Å². The third-order valence-electron chi connectivity index (χ3n) is 4.65. The zero-order valence-electron chi connectivity index (χ0n) is 15.3. The number of hydrogen-bond acceptors (Lipinski definition) is 4. The molecule has 1 aliphatic heterocycles. The molecule has 1 aromatic heterocycles. The van der Waals surface area contributed by atoms with Gasteiger partial charge < -0.3 is 15.0 Å². The van der Waals surface area contributed by atoms with E-state index in [0.29, 0.717) is 23.9 Å². The SMILES string of the molecule is O=C(/C=C/c1cccc2cccnc12)Nc1cccc(Cl)c1N1CCOCC1. The average Bonchev–Trinajstić information content (AvgIpc) is 2.73. The summed E-state index contributed by atoms with van der Waals surface area (Å²) in [4.78, 5) is 19.1. The van der Waals surface area contributed by atoms with Crippen LogP contribution in [0.2, 0.25) is 5.02 Å². The van der Waals surface area contributed by atoms with Gasteiger partial charge in [-0.25, -0.2) is 0 Å². The number of benzene rings is 2. The van der Waals surface area contributed by atoms with Crippen LogP contribution in [0.1, 0.15) is 5.56 Å². The number of anilines is 2. The van der Waals surface area contributed by atoms with Gasteiger partial charge in [0, 0.05) is 36.3 Å². The largest absolute Gasteiger partial charge is 0.378 e. The first-order chi connectivity index (χ1) is 13.7. The van der Waals surface area contributed by atoms with Crippen LogP contribution in [-0.4, -0.2) is 37.2 Å². The Morgan fingerprint density at radius 3 is 2.75 bits per heavy atom. The lowest BCUT2D eigenvalue weighted by Crippen LogP contribution is -2.37. The molecule has 0 bridgehead atoms. The molecule has 1 N–H and O–H groups in total. The lowest BCUT2D eigenvalue weighted by molar-refractivity contribution is -0.111. The number of amides is 1. The lowest BCUT2D eigenvalue weighted by Gasteiger charge is -2.31. The van der Waals surface area contributed by atoms with Crippen molar-refractivity contribution in [1.82, 2.24) is 4.98 Å². The predicted molar refractivity (Wildman–Crippen MR) is 114 cm³/mol. The minimum atomic E-state index is -0.218. The molecule has 0 saturated carbocycles. The molecule has 1 saturated heterocycles. The van der Waals surface area contributed by atoms with E-state index in [1.807, 2.05) is 48.5 Å². The molecule has 3 aromatic rings. The van der Waals surface area contributed by atoms with Crippen molar-refractivity contribution in [1.29, 1.82) is 0 Å². The third kappa shape index (κ3) is 4.01. The normalized spacial score (nSPS) is 14.5. The number of para-hydroxylation sites is 2. The average molecular weight is 394 g/mol. The molecule has 1 aliphatic rings. The van der Waals surface area contributed by atoms with Crippen LogP contribution in [0.15, 0.2) is 60.8 Å². The lowest BCUT2D eigenvalue weighted by atomic mass is 10.1. The fourth-order valence-electron chi connectivity index (χ4n) is 3.33. The number of pyridine rings is 1. The van der Waals surface area contributed by atoms with Gasteiger partial charge in [-0.1, -0.05) is 41.9 Å². The number of hydrogen-bond donors (Lipinski definition) is 1. The monoisotopic (exact) mass is 393 g/mol. The van der Waals surface area contributed by atoms with Crippen LogP contribution in [0.5, 0.6) is 0 Å². The summed E-state index contributed by atoms with van der Waals surface area (Å²) < 4.78 is 5.42. The fraction of sp³-hybridized carbons (Fsp3) is 0.182. The summed E-state index contributed by atoms with van der Waals surface area (Å²) in [7, 11) is 0. The summed E-state index contributed by atoms with van der Waals surface area (Å²) in [5.74, 6) is -0.218. The summed E-state index contributed by atoms with van der Waals surface area (Å²) in [6.07, 6.45) is 5.05. The Bertz CT molecular complexity index is 1020. The van der Waals surface area contributed by atoms with Crippen molar-refractivity contribution in [3.8, 4) is 0 Å². The Hall–Kier alpha value is -2.89. The highest BCUT2D eigenvalue weighted by Crippen LogP contribution is 2.34. The van der Waals surface area contributed by atoms with E-state index in [4.69, 9.17) is 16.3 Å². The molecule has 0 radical (unpaired) electrons. The molecule has 6 heteroatoms. The van der Waals surface area contributed by atoms with Gasteiger partial charge >= 0.3 is 0 Å². The molecule has 5 nitrogen and oxygen atoms in total. The highest BCUT2D eigenvalue weighted by molar-refractivity contribution is 6.34. The highest BCUT2D eigenvalue weighted by atomic mass is 35.5. The van der Waals surface area contributed by atoms with E-state index in [1.54, 1.807) is 12.3 Å². The molecule has 142 valence electrons. The molecule has 0 spiro atoms. The van der Waals surface area contributed by atoms with Gasteiger partial charge in [0.05, 0.1) is 35.1 Å². The number of halogens is 1. The number of aromatic nitrogens is 1. The standard InChI is InChI=1S/C22H20ClN3O2/c23-18-7-2-8-19(22(18)26-12-14-28-15-13-26)25-20(27)10-9-17-5-1-4-16-6-3-11-24-21(16)17/h1-11H,12-15H2,(H,25,27)/b10-9+. The second-order valence-corrected chi connectivity index (χ2v) is 6.89. The topological polar surface area (TPSA) is 54.5 Å². The molecule has 28 heavy (non-hydrogen) atoms. The second-order valence-electron chi connectivity index (χ2n) is 6.48. The zero-order valence-corrected chi connectivity index (χ0v) is 16.0. The molecule has 2 heterocycles. The first kappa shape index (κ1) is 18.5. The van der Waals surface area contributed by atoms with Crippen molar-refractivity contribution in [2.24, 2.45) is 0 Å². The summed E-state index contributed by atoms with van der Waals surface area (Å²) >= 11 is 6.42. The number of carbonyl (C=O) groups is 1. The number of carbonyl (C=O) groups excluding carboxylic acids is 1. The first-order valence-electron chi connectivity index (χ1n) is 9.16. The third-order valence-corrected chi connectivity index (χ3v) is 4.96. The molecule has 1 fully saturated rings. The number of nitrogens with one attached hydrogen (secondary N) is 1. The van der Waals surface area contributed by atoms with Crippen LogP contribution in [0, 0.1) is 0 Å². The fourth-order valence-corrected chi connectivity index (χ4v) is 3.62. The summed E-state index contributed by atoms with van der Waals surface area (Å²) in [6, 6.07) is 15.3. The van der Waals surface area contributed by atoms with Gasteiger partial charge in [-0.15, -0.1) is 0 Å². The Kier molecular flexibility index (Phi) is 5.55. The maximum absolute atomic E-state index is 12.6. The minimum absolute atomic E-state index is 0.218. The number of fused-ring (bicyclic) bond motifs is 1. The van der Waals surface area contributed by atoms with Crippen molar-refractivity contribution >= 4 is 45.9 Å². The van der Waals surface area contributed by atoms with E-state index < -0.39 is 0 Å². The minimum Gasteiger partial charge on any atom is -0.378 e. The van der Waals surface area contributed by atoms with E-state index in [9.17, 15) is 4.79 Å². The number of rotatable bonds is 4. The van der Waals surface area contributed by atoms with E-state index in [-0.39, 0.29) is 5.91 Å². The second kappa shape index (κ2) is 8.42. The Labute approximate surface area is 168 Å². The van der Waals surface area contributed by atoms with Gasteiger partial charge in [-0.2, -0.15) is 0 Å². The van der Waals surface area contributed by atoms with Crippen molar-refractivity contribution < 1.29 is 9.53 Å². The molecule has 2 aromatic carbocycles. The Morgan fingerprint density at radius 2 is 1.89 bits per heavy atom. The van der Waals surface area contributed by atoms with Gasteiger partial charge in [0.15, 0.2) is 0 Å². The molecule has 0 aliphatic carbocycles. The summed E-state index contributed by atoms with van der Waals surface area (Å²) in [5.41, 5.74) is 3.29. The van der Waals surface area contributed by atoms with Crippen molar-refractivity contribution in [2.75, 3.05) is 36.5 Å². The molecular formula is C22H20ClN3O2. The summed E-state index contributed by atoms with van der Waals surface area (Å²) in [5, 5.41) is 4.60. The van der Waals surface area contributed by atoms with Crippen LogP contribution < -0.4 is 10.2 Å². The molecular weight excluding hydrogens is 374 g/mol. The van der Waals surface area contributed by atoms with E-state index >= 15 is 0 Å². The van der Waals surface area contributed by atoms with Gasteiger partial charge in [0.2, 0.25) is 5.91 Å². The molecule has 0 atom stereocenters. The van der Waals surface area contributed by atoms with E-state index in [2.05, 4.69) is 15.2 Å². The first-order valence-corrected chi connectivity index (χ1v) is 9.54. The molecule has 4 rings (SSSR count). The number of morpholine rings is 1. The van der Waals surface area contributed by atoms with Crippen LogP contribution >= 0.6 is 11.6 Å². The maximum atomic E-state index is 12.6. The van der Waals surface area contributed by atoms with E-state index in [1.165, 1.54) is 6.08 Å². The number of ether oxygens (including phenoxy) is 1. The van der Waals surface area contributed by atoms with Gasteiger partial charge in [-0.3, -0.25) is 9.78 Å². The Morgan fingerprint density at radius 1 is 1.11 bits per heavy atom. The number of nitrogens with zero attached hydrogens (tertiary/aromatic N) is 2. The van der Waals surface area contributed by atoms with E-state index in [0.717, 1.165) is 35.2 Å². The maximum Gasteiger partial charge on any atom is 0.248 e.